The van der Waals surface area contributed by atoms with Crippen molar-refractivity contribution >= 4 is 5.84 Å². The van der Waals surface area contributed by atoms with Crippen molar-refractivity contribution in [2.45, 2.75) is 38.8 Å². The Kier molecular flexibility index (Phi) is 6.45. The summed E-state index contributed by atoms with van der Waals surface area (Å²) in [5, 5.41) is 24.4. The molecule has 0 fully saturated rings. The van der Waals surface area contributed by atoms with E-state index in [-0.39, 0.29) is 18.0 Å². The first kappa shape index (κ1) is 17.3. The van der Waals surface area contributed by atoms with Crippen molar-refractivity contribution in [3.05, 3.63) is 29.3 Å². The summed E-state index contributed by atoms with van der Waals surface area (Å²) < 4.78 is 5.20. The van der Waals surface area contributed by atoms with E-state index >= 15 is 0 Å². The zero-order valence-corrected chi connectivity index (χ0v) is 12.9. The lowest BCUT2D eigenvalue weighted by Crippen LogP contribution is -2.42. The summed E-state index contributed by atoms with van der Waals surface area (Å²) in [5.41, 5.74) is 7.09. The summed E-state index contributed by atoms with van der Waals surface area (Å²) in [5.74, 6) is 0.574. The standard InChI is InChI=1S/C15H25N3O3/c1-4-15(2,7-8-19)17-10-11-5-6-13(21-3)12(9-11)14(16)18-20/h5-6,9,17,19-20H,4,7-8,10H2,1-3H3,(H2,16,18). The van der Waals surface area contributed by atoms with Gasteiger partial charge >= 0.3 is 0 Å². The van der Waals surface area contributed by atoms with Crippen LogP contribution >= 0.6 is 0 Å². The molecule has 0 aliphatic rings. The molecule has 6 heteroatoms. The number of nitrogens with two attached hydrogens (primary N) is 1. The summed E-state index contributed by atoms with van der Waals surface area (Å²) in [4.78, 5) is 0. The Morgan fingerprint density at radius 1 is 1.48 bits per heavy atom. The molecule has 1 aromatic rings. The van der Waals surface area contributed by atoms with Crippen LogP contribution in [0.5, 0.6) is 5.75 Å². The molecular formula is C15H25N3O3. The second-order valence-corrected chi connectivity index (χ2v) is 5.26. The van der Waals surface area contributed by atoms with Gasteiger partial charge in [-0.1, -0.05) is 18.1 Å². The summed E-state index contributed by atoms with van der Waals surface area (Å²) in [6.07, 6.45) is 1.60. The highest BCUT2D eigenvalue weighted by Gasteiger charge is 2.20. The molecule has 0 saturated carbocycles. The molecule has 0 spiro atoms. The molecule has 118 valence electrons. The van der Waals surface area contributed by atoms with Gasteiger partial charge in [-0.15, -0.1) is 0 Å². The number of hydrogen-bond donors (Lipinski definition) is 4. The number of oxime groups is 1. The molecule has 1 unspecified atom stereocenters. The molecule has 0 bridgehead atoms. The van der Waals surface area contributed by atoms with Crippen molar-refractivity contribution in [2.75, 3.05) is 13.7 Å². The molecule has 0 radical (unpaired) electrons. The van der Waals surface area contributed by atoms with E-state index in [9.17, 15) is 0 Å². The van der Waals surface area contributed by atoms with E-state index < -0.39 is 0 Å². The normalized spacial score (nSPS) is 14.8. The van der Waals surface area contributed by atoms with Gasteiger partial charge in [-0.2, -0.15) is 0 Å². The predicted octanol–water partition coefficient (Wildman–Crippen LogP) is 1.43. The zero-order valence-electron chi connectivity index (χ0n) is 12.9. The summed E-state index contributed by atoms with van der Waals surface area (Å²) >= 11 is 0. The van der Waals surface area contributed by atoms with Gasteiger partial charge in [-0.05, 0) is 37.5 Å². The average Bonchev–Trinajstić information content (AvgIpc) is 2.52. The maximum atomic E-state index is 9.13. The predicted molar refractivity (Wildman–Crippen MR) is 82.7 cm³/mol. The number of benzene rings is 1. The fourth-order valence-corrected chi connectivity index (χ4v) is 2.07. The largest absolute Gasteiger partial charge is 0.496 e. The van der Waals surface area contributed by atoms with Crippen molar-refractivity contribution in [1.29, 1.82) is 0 Å². The third kappa shape index (κ3) is 4.61. The fraction of sp³-hybridized carbons (Fsp3) is 0.533. The van der Waals surface area contributed by atoms with E-state index in [4.69, 9.17) is 20.8 Å². The smallest absolute Gasteiger partial charge is 0.173 e. The molecule has 0 aliphatic carbocycles. The van der Waals surface area contributed by atoms with Crippen LogP contribution in [0.1, 0.15) is 37.8 Å². The Hall–Kier alpha value is -1.79. The minimum atomic E-state index is -0.120. The first-order valence-electron chi connectivity index (χ1n) is 7.00. The first-order valence-corrected chi connectivity index (χ1v) is 7.00. The van der Waals surface area contributed by atoms with E-state index in [0.29, 0.717) is 24.3 Å². The number of hydrogen-bond acceptors (Lipinski definition) is 5. The maximum Gasteiger partial charge on any atom is 0.173 e. The Morgan fingerprint density at radius 2 is 2.19 bits per heavy atom. The van der Waals surface area contributed by atoms with Gasteiger partial charge in [0.25, 0.3) is 0 Å². The number of nitrogens with zero attached hydrogens (tertiary/aromatic N) is 1. The van der Waals surface area contributed by atoms with Gasteiger partial charge < -0.3 is 26.1 Å². The minimum absolute atomic E-state index is 0.0160. The minimum Gasteiger partial charge on any atom is -0.496 e. The molecule has 1 atom stereocenters. The van der Waals surface area contributed by atoms with Crippen molar-refractivity contribution in [3.8, 4) is 5.75 Å². The van der Waals surface area contributed by atoms with Gasteiger partial charge in [-0.3, -0.25) is 0 Å². The van der Waals surface area contributed by atoms with Crippen molar-refractivity contribution in [1.82, 2.24) is 5.32 Å². The molecule has 5 N–H and O–H groups in total. The van der Waals surface area contributed by atoms with Gasteiger partial charge in [0.1, 0.15) is 5.75 Å². The summed E-state index contributed by atoms with van der Waals surface area (Å²) in [6.45, 7) is 4.94. The van der Waals surface area contributed by atoms with Gasteiger partial charge in [0, 0.05) is 18.7 Å². The molecule has 0 aliphatic heterocycles. The van der Waals surface area contributed by atoms with Crippen molar-refractivity contribution in [3.63, 3.8) is 0 Å². The molecule has 21 heavy (non-hydrogen) atoms. The highest BCUT2D eigenvalue weighted by molar-refractivity contribution is 5.99. The average molecular weight is 295 g/mol. The third-order valence-electron chi connectivity index (χ3n) is 3.81. The highest BCUT2D eigenvalue weighted by Crippen LogP contribution is 2.21. The Morgan fingerprint density at radius 3 is 2.71 bits per heavy atom. The van der Waals surface area contributed by atoms with E-state index in [1.165, 1.54) is 7.11 Å². The van der Waals surface area contributed by atoms with Crippen LogP contribution in [0.2, 0.25) is 0 Å². The van der Waals surface area contributed by atoms with Crippen molar-refractivity contribution < 1.29 is 15.1 Å². The maximum absolute atomic E-state index is 9.13. The van der Waals surface area contributed by atoms with E-state index in [2.05, 4.69) is 24.3 Å². The third-order valence-corrected chi connectivity index (χ3v) is 3.81. The van der Waals surface area contributed by atoms with Gasteiger partial charge in [0.15, 0.2) is 5.84 Å². The fourth-order valence-electron chi connectivity index (χ4n) is 2.07. The molecule has 0 amide bonds. The number of methoxy groups -OCH3 is 1. The van der Waals surface area contributed by atoms with Gasteiger partial charge in [-0.25, -0.2) is 0 Å². The number of rotatable bonds is 8. The second kappa shape index (κ2) is 7.85. The molecule has 1 aromatic carbocycles. The van der Waals surface area contributed by atoms with Gasteiger partial charge in [0.2, 0.25) is 0 Å². The SMILES string of the molecule is CCC(C)(CCO)NCc1ccc(OC)c(/C(N)=N/O)c1. The monoisotopic (exact) mass is 295 g/mol. The second-order valence-electron chi connectivity index (χ2n) is 5.26. The Labute approximate surface area is 125 Å². The summed E-state index contributed by atoms with van der Waals surface area (Å²) in [6, 6.07) is 5.55. The Balaban J connectivity index is 2.90. The van der Waals surface area contributed by atoms with Gasteiger partial charge in [0.05, 0.1) is 12.7 Å². The lowest BCUT2D eigenvalue weighted by Gasteiger charge is -2.29. The van der Waals surface area contributed by atoms with Crippen LogP contribution in [-0.2, 0) is 6.54 Å². The Bertz CT molecular complexity index is 491. The highest BCUT2D eigenvalue weighted by atomic mass is 16.5. The van der Waals surface area contributed by atoms with E-state index in [0.717, 1.165) is 12.0 Å². The molecule has 0 aromatic heterocycles. The topological polar surface area (TPSA) is 100 Å². The number of nitrogens with one attached hydrogen (secondary N) is 1. The lowest BCUT2D eigenvalue weighted by atomic mass is 9.94. The van der Waals surface area contributed by atoms with Crippen LogP contribution in [-0.4, -0.2) is 35.4 Å². The van der Waals surface area contributed by atoms with E-state index in [1.54, 1.807) is 6.07 Å². The zero-order chi connectivity index (χ0) is 15.9. The van der Waals surface area contributed by atoms with Crippen LogP contribution in [0.4, 0.5) is 0 Å². The first-order chi connectivity index (χ1) is 9.99. The van der Waals surface area contributed by atoms with E-state index in [1.807, 2.05) is 12.1 Å². The number of aliphatic hydroxyl groups is 1. The quantitative estimate of drug-likeness (QED) is 0.252. The number of aliphatic hydroxyl groups excluding tert-OH is 1. The van der Waals surface area contributed by atoms with Crippen LogP contribution in [0.25, 0.3) is 0 Å². The molecule has 0 heterocycles. The summed E-state index contributed by atoms with van der Waals surface area (Å²) in [7, 11) is 1.54. The van der Waals surface area contributed by atoms with Crippen LogP contribution < -0.4 is 15.8 Å². The number of ether oxygens (including phenoxy) is 1. The molecule has 1 rings (SSSR count). The van der Waals surface area contributed by atoms with Crippen LogP contribution in [0, 0.1) is 0 Å². The van der Waals surface area contributed by atoms with Crippen LogP contribution in [0.3, 0.4) is 0 Å². The van der Waals surface area contributed by atoms with Crippen LogP contribution in [0.15, 0.2) is 23.4 Å². The molecular weight excluding hydrogens is 270 g/mol. The van der Waals surface area contributed by atoms with Crippen molar-refractivity contribution in [2.24, 2.45) is 10.9 Å². The molecule has 6 nitrogen and oxygen atoms in total. The lowest BCUT2D eigenvalue weighted by molar-refractivity contribution is 0.214. The number of amidine groups is 1. The molecule has 0 saturated heterocycles.